The van der Waals surface area contributed by atoms with Gasteiger partial charge in [0, 0.05) is 18.8 Å². The van der Waals surface area contributed by atoms with Gasteiger partial charge >= 0.3 is 0 Å². The lowest BCUT2D eigenvalue weighted by Gasteiger charge is -2.29. The molecule has 0 bridgehead atoms. The summed E-state index contributed by atoms with van der Waals surface area (Å²) in [5, 5.41) is 14.3. The Hall–Kier alpha value is -3.11. The highest BCUT2D eigenvalue weighted by molar-refractivity contribution is 6.32. The number of alkyl halides is 1. The van der Waals surface area contributed by atoms with E-state index in [0.717, 1.165) is 5.69 Å². The van der Waals surface area contributed by atoms with Crippen LogP contribution in [0.4, 0.5) is 26.0 Å². The second-order valence-corrected chi connectivity index (χ2v) is 8.10. The largest absolute Gasteiger partial charge is 0.379 e. The van der Waals surface area contributed by atoms with Crippen molar-refractivity contribution in [1.82, 2.24) is 20.0 Å². The Morgan fingerprint density at radius 3 is 2.67 bits per heavy atom. The minimum absolute atomic E-state index is 0.00669. The molecule has 0 saturated carbocycles. The summed E-state index contributed by atoms with van der Waals surface area (Å²) < 4.78 is 34.2. The van der Waals surface area contributed by atoms with Crippen LogP contribution in [-0.4, -0.2) is 51.9 Å². The van der Waals surface area contributed by atoms with Crippen LogP contribution < -0.4 is 15.8 Å². The summed E-state index contributed by atoms with van der Waals surface area (Å²) in [7, 11) is 0. The molecule has 1 aromatic carbocycles. The molecule has 33 heavy (non-hydrogen) atoms. The molecular formula is C22H23ClF2N6O2. The molecule has 1 atom stereocenters. The number of nitrogens with zero attached hydrogens (tertiary/aromatic N) is 5. The summed E-state index contributed by atoms with van der Waals surface area (Å²) >= 11 is 6.26. The third-order valence-electron chi connectivity index (χ3n) is 5.41. The Balaban J connectivity index is 1.52. The third-order valence-corrected chi connectivity index (χ3v) is 5.77. The van der Waals surface area contributed by atoms with Crippen LogP contribution in [0.1, 0.15) is 19.8 Å². The molecule has 0 aliphatic carbocycles. The Bertz CT molecular complexity index is 1150. The minimum Gasteiger partial charge on any atom is -0.379 e. The molecule has 174 valence electrons. The maximum Gasteiger partial charge on any atom is 0.292 e. The van der Waals surface area contributed by atoms with Gasteiger partial charge in [0.2, 0.25) is 5.95 Å². The van der Waals surface area contributed by atoms with Crippen molar-refractivity contribution in [1.29, 1.82) is 0 Å². The van der Waals surface area contributed by atoms with Crippen molar-refractivity contribution in [2.45, 2.75) is 25.4 Å². The number of nitrogens with one attached hydrogen (secondary N) is 1. The summed E-state index contributed by atoms with van der Waals surface area (Å²) in [6, 6.07) is 9.78. The first-order valence-electron chi connectivity index (χ1n) is 10.6. The van der Waals surface area contributed by atoms with E-state index in [2.05, 4.69) is 20.6 Å². The first-order chi connectivity index (χ1) is 15.9. The predicted molar refractivity (Wildman–Crippen MR) is 122 cm³/mol. The van der Waals surface area contributed by atoms with E-state index in [9.17, 15) is 13.6 Å². The van der Waals surface area contributed by atoms with Crippen molar-refractivity contribution in [3.63, 3.8) is 0 Å². The average Bonchev–Trinajstić information content (AvgIpc) is 2.83. The Labute approximate surface area is 194 Å². The standard InChI is InChI=1S/C22H23ClF2N6O2/c1-2-30(19-9-8-18(24)28-29-19)15-4-6-16(7-5-15)31-21(32)20(23)17(12-27-31)26-13-22(25)10-3-11-33-14-22/h4-9,12,26H,2-3,10-11,13-14H2,1H3. The van der Waals surface area contributed by atoms with E-state index in [1.807, 2.05) is 11.8 Å². The molecule has 0 spiro atoms. The van der Waals surface area contributed by atoms with Gasteiger partial charge in [0.25, 0.3) is 5.56 Å². The fraction of sp³-hybridized carbons (Fsp3) is 0.364. The molecule has 8 nitrogen and oxygen atoms in total. The minimum atomic E-state index is -1.51. The zero-order valence-corrected chi connectivity index (χ0v) is 18.7. The van der Waals surface area contributed by atoms with Gasteiger partial charge in [-0.15, -0.1) is 10.2 Å². The van der Waals surface area contributed by atoms with Crippen molar-refractivity contribution < 1.29 is 13.5 Å². The molecule has 1 fully saturated rings. The SMILES string of the molecule is CCN(c1ccc(-n2ncc(NCC3(F)CCCOC3)c(Cl)c2=O)cc1)c1ccc(F)nn1. The molecule has 1 N–H and O–H groups in total. The molecule has 0 amide bonds. The fourth-order valence-electron chi connectivity index (χ4n) is 3.65. The third kappa shape index (κ3) is 5.12. The lowest BCUT2D eigenvalue weighted by Crippen LogP contribution is -2.40. The monoisotopic (exact) mass is 476 g/mol. The maximum atomic E-state index is 14.7. The van der Waals surface area contributed by atoms with Crippen LogP contribution in [0.15, 0.2) is 47.4 Å². The summed E-state index contributed by atoms with van der Waals surface area (Å²) in [4.78, 5) is 14.6. The molecule has 1 unspecified atom stereocenters. The highest BCUT2D eigenvalue weighted by Gasteiger charge is 2.32. The van der Waals surface area contributed by atoms with Crippen molar-refractivity contribution in [3.05, 3.63) is 63.9 Å². The molecule has 0 radical (unpaired) electrons. The van der Waals surface area contributed by atoms with Gasteiger partial charge in [0.05, 0.1) is 30.7 Å². The zero-order chi connectivity index (χ0) is 23.4. The Kier molecular flexibility index (Phi) is 6.85. The summed E-state index contributed by atoms with van der Waals surface area (Å²) in [5.74, 6) is -0.159. The zero-order valence-electron chi connectivity index (χ0n) is 18.0. The van der Waals surface area contributed by atoms with E-state index in [4.69, 9.17) is 16.3 Å². The summed E-state index contributed by atoms with van der Waals surface area (Å²) in [6.07, 6.45) is 2.43. The van der Waals surface area contributed by atoms with Crippen molar-refractivity contribution in [2.75, 3.05) is 36.5 Å². The van der Waals surface area contributed by atoms with Gasteiger partial charge in [-0.3, -0.25) is 4.79 Å². The van der Waals surface area contributed by atoms with E-state index in [0.29, 0.717) is 37.5 Å². The number of benzene rings is 1. The lowest BCUT2D eigenvalue weighted by molar-refractivity contribution is -0.0234. The van der Waals surface area contributed by atoms with Crippen LogP contribution >= 0.6 is 11.6 Å². The van der Waals surface area contributed by atoms with Gasteiger partial charge < -0.3 is 15.0 Å². The molecule has 2 aromatic heterocycles. The number of aromatic nitrogens is 4. The normalized spacial score (nSPS) is 18.2. The van der Waals surface area contributed by atoms with E-state index in [-0.39, 0.29) is 23.9 Å². The highest BCUT2D eigenvalue weighted by Crippen LogP contribution is 2.26. The summed E-state index contributed by atoms with van der Waals surface area (Å²) in [6.45, 7) is 3.04. The molecule has 1 aliphatic rings. The van der Waals surface area contributed by atoms with Crippen LogP contribution in [0.2, 0.25) is 5.02 Å². The van der Waals surface area contributed by atoms with Crippen LogP contribution in [0.3, 0.4) is 0 Å². The van der Waals surface area contributed by atoms with Gasteiger partial charge in [-0.1, -0.05) is 11.6 Å². The van der Waals surface area contributed by atoms with Crippen molar-refractivity contribution in [3.8, 4) is 5.69 Å². The van der Waals surface area contributed by atoms with Gasteiger partial charge in [0.1, 0.15) is 5.02 Å². The second kappa shape index (κ2) is 9.80. The molecule has 1 aliphatic heterocycles. The van der Waals surface area contributed by atoms with E-state index >= 15 is 0 Å². The predicted octanol–water partition coefficient (Wildman–Crippen LogP) is 3.90. The molecule has 1 saturated heterocycles. The number of rotatable bonds is 7. The van der Waals surface area contributed by atoms with Crippen LogP contribution in [-0.2, 0) is 4.74 Å². The summed E-state index contributed by atoms with van der Waals surface area (Å²) in [5.41, 5.74) is -0.487. The molecule has 3 aromatic rings. The molecular weight excluding hydrogens is 454 g/mol. The van der Waals surface area contributed by atoms with Crippen molar-refractivity contribution >= 4 is 28.8 Å². The number of halogens is 3. The first-order valence-corrected chi connectivity index (χ1v) is 10.9. The van der Waals surface area contributed by atoms with Gasteiger partial charge in [-0.25, -0.2) is 4.39 Å². The number of ether oxygens (including phenoxy) is 1. The Morgan fingerprint density at radius 1 is 1.24 bits per heavy atom. The fourth-order valence-corrected chi connectivity index (χ4v) is 3.85. The van der Waals surface area contributed by atoms with Gasteiger partial charge in [-0.05, 0) is 56.2 Å². The van der Waals surface area contributed by atoms with E-state index in [1.54, 1.807) is 24.3 Å². The van der Waals surface area contributed by atoms with E-state index < -0.39 is 17.2 Å². The van der Waals surface area contributed by atoms with Gasteiger partial charge in [0.15, 0.2) is 11.5 Å². The number of anilines is 3. The average molecular weight is 477 g/mol. The molecule has 4 rings (SSSR count). The van der Waals surface area contributed by atoms with Crippen LogP contribution in [0.25, 0.3) is 5.69 Å². The Morgan fingerprint density at radius 2 is 2.03 bits per heavy atom. The topological polar surface area (TPSA) is 85.2 Å². The molecule has 3 heterocycles. The van der Waals surface area contributed by atoms with E-state index in [1.165, 1.54) is 23.0 Å². The lowest BCUT2D eigenvalue weighted by atomic mass is 9.99. The second-order valence-electron chi connectivity index (χ2n) is 7.72. The smallest absolute Gasteiger partial charge is 0.292 e. The first kappa shape index (κ1) is 23.1. The van der Waals surface area contributed by atoms with Crippen molar-refractivity contribution in [2.24, 2.45) is 0 Å². The van der Waals surface area contributed by atoms with Crippen LogP contribution in [0.5, 0.6) is 0 Å². The number of hydrogen-bond acceptors (Lipinski definition) is 7. The maximum absolute atomic E-state index is 14.7. The number of hydrogen-bond donors (Lipinski definition) is 1. The molecule has 11 heteroatoms. The van der Waals surface area contributed by atoms with Crippen LogP contribution in [0, 0.1) is 5.95 Å². The highest BCUT2D eigenvalue weighted by atomic mass is 35.5. The quantitative estimate of drug-likeness (QED) is 0.553. The van der Waals surface area contributed by atoms with Gasteiger partial charge in [-0.2, -0.15) is 14.2 Å².